The quantitative estimate of drug-likeness (QED) is 0.496. The van der Waals surface area contributed by atoms with Crippen LogP contribution in [0.15, 0.2) is 54.9 Å². The lowest BCUT2D eigenvalue weighted by Gasteiger charge is -2.12. The maximum Gasteiger partial charge on any atom is 0.271 e. The van der Waals surface area contributed by atoms with Gasteiger partial charge >= 0.3 is 0 Å². The van der Waals surface area contributed by atoms with Crippen LogP contribution < -0.4 is 15.6 Å². The van der Waals surface area contributed by atoms with Gasteiger partial charge in [0.05, 0.1) is 22.7 Å². The van der Waals surface area contributed by atoms with Gasteiger partial charge in [-0.25, -0.2) is 13.1 Å². The number of hydrazine groups is 1. The zero-order valence-corrected chi connectivity index (χ0v) is 16.0. The van der Waals surface area contributed by atoms with Crippen molar-refractivity contribution in [2.45, 2.75) is 6.92 Å². The van der Waals surface area contributed by atoms with E-state index in [2.05, 4.69) is 31.1 Å². The predicted octanol–water partition coefficient (Wildman–Crippen LogP) is 0.499. The Morgan fingerprint density at radius 3 is 2.34 bits per heavy atom. The monoisotopic (exact) mass is 415 g/mol. The number of benzene rings is 2. The van der Waals surface area contributed by atoms with Gasteiger partial charge in [0.15, 0.2) is 0 Å². The number of carbonyl (C=O) groups is 2. The molecule has 0 aliphatic rings. The van der Waals surface area contributed by atoms with Crippen molar-refractivity contribution in [2.24, 2.45) is 0 Å². The molecule has 0 saturated heterocycles. The van der Waals surface area contributed by atoms with Crippen molar-refractivity contribution in [3.63, 3.8) is 0 Å². The van der Waals surface area contributed by atoms with E-state index in [1.807, 2.05) is 0 Å². The molecule has 2 aromatic carbocycles. The summed E-state index contributed by atoms with van der Waals surface area (Å²) in [6, 6.07) is 12.4. The third-order valence-electron chi connectivity index (χ3n) is 3.85. The highest BCUT2D eigenvalue weighted by atomic mass is 32.2. The zero-order chi connectivity index (χ0) is 20.9. The molecule has 0 radical (unpaired) electrons. The smallest absolute Gasteiger partial charge is 0.271 e. The van der Waals surface area contributed by atoms with Crippen LogP contribution in [0.25, 0.3) is 5.69 Å². The summed E-state index contributed by atoms with van der Waals surface area (Å²) in [6.07, 6.45) is 1.42. The summed E-state index contributed by atoms with van der Waals surface area (Å²) in [7, 11) is -3.56. The Morgan fingerprint density at radius 1 is 1.00 bits per heavy atom. The average Bonchev–Trinajstić information content (AvgIpc) is 3.27. The zero-order valence-electron chi connectivity index (χ0n) is 15.2. The molecule has 2 amide bonds. The highest BCUT2D eigenvalue weighted by molar-refractivity contribution is 7.92. The van der Waals surface area contributed by atoms with Crippen LogP contribution >= 0.6 is 0 Å². The van der Waals surface area contributed by atoms with Gasteiger partial charge in [0.1, 0.15) is 6.33 Å². The second-order valence-electron chi connectivity index (χ2n) is 5.76. The van der Waals surface area contributed by atoms with Gasteiger partial charge in [-0.3, -0.25) is 25.2 Å². The largest absolute Gasteiger partial charge is 0.283 e. The van der Waals surface area contributed by atoms with E-state index in [-0.39, 0.29) is 17.0 Å². The first kappa shape index (κ1) is 19.9. The van der Waals surface area contributed by atoms with E-state index in [0.29, 0.717) is 11.3 Å². The van der Waals surface area contributed by atoms with Gasteiger partial charge in [0.25, 0.3) is 11.8 Å². The molecule has 0 saturated carbocycles. The molecule has 0 unspecified atom stereocenters. The van der Waals surface area contributed by atoms with Crippen molar-refractivity contribution in [1.82, 2.24) is 31.1 Å². The fourth-order valence-corrected chi connectivity index (χ4v) is 2.97. The SMILES string of the molecule is CCS(=O)(=O)Nc1ccccc1C(=O)NNC(=O)c1ccc(-n2cnnn2)cc1. The van der Waals surface area contributed by atoms with Crippen molar-refractivity contribution in [1.29, 1.82) is 0 Å². The second-order valence-corrected chi connectivity index (χ2v) is 7.77. The Hall–Kier alpha value is -3.80. The maximum absolute atomic E-state index is 12.4. The van der Waals surface area contributed by atoms with Gasteiger partial charge in [0, 0.05) is 5.56 Å². The third kappa shape index (κ3) is 4.93. The van der Waals surface area contributed by atoms with Crippen molar-refractivity contribution < 1.29 is 18.0 Å². The Morgan fingerprint density at radius 2 is 1.69 bits per heavy atom. The second kappa shape index (κ2) is 8.48. The molecule has 0 bridgehead atoms. The topological polar surface area (TPSA) is 148 Å². The van der Waals surface area contributed by atoms with E-state index >= 15 is 0 Å². The van der Waals surface area contributed by atoms with E-state index in [1.54, 1.807) is 36.4 Å². The number of hydrogen-bond acceptors (Lipinski definition) is 7. The average molecular weight is 415 g/mol. The Kier molecular flexibility index (Phi) is 5.83. The first-order valence-corrected chi connectivity index (χ1v) is 10.1. The number of tetrazole rings is 1. The molecule has 1 heterocycles. The fourth-order valence-electron chi connectivity index (χ4n) is 2.31. The van der Waals surface area contributed by atoms with Crippen molar-refractivity contribution in [3.8, 4) is 5.69 Å². The highest BCUT2D eigenvalue weighted by Crippen LogP contribution is 2.16. The summed E-state index contributed by atoms with van der Waals surface area (Å²) in [5.74, 6) is -1.35. The van der Waals surface area contributed by atoms with Gasteiger partial charge in [-0.1, -0.05) is 12.1 Å². The number of para-hydroxylation sites is 1. The van der Waals surface area contributed by atoms with Crippen LogP contribution in [0.1, 0.15) is 27.6 Å². The van der Waals surface area contributed by atoms with Crippen molar-refractivity contribution >= 4 is 27.5 Å². The summed E-state index contributed by atoms with van der Waals surface area (Å²) in [5.41, 5.74) is 5.70. The summed E-state index contributed by atoms with van der Waals surface area (Å²) in [5, 5.41) is 10.8. The molecule has 3 N–H and O–H groups in total. The number of sulfonamides is 1. The van der Waals surface area contributed by atoms with E-state index in [9.17, 15) is 18.0 Å². The van der Waals surface area contributed by atoms with Gasteiger partial charge < -0.3 is 0 Å². The number of carbonyl (C=O) groups excluding carboxylic acids is 2. The molecule has 1 aromatic heterocycles. The lowest BCUT2D eigenvalue weighted by atomic mass is 10.2. The van der Waals surface area contributed by atoms with Crippen LogP contribution in [0.3, 0.4) is 0 Å². The van der Waals surface area contributed by atoms with E-state index in [4.69, 9.17) is 0 Å². The summed E-state index contributed by atoms with van der Waals surface area (Å²) in [4.78, 5) is 24.7. The molecule has 12 heteroatoms. The minimum Gasteiger partial charge on any atom is -0.283 e. The molecule has 0 spiro atoms. The Balaban J connectivity index is 1.66. The Labute approximate surface area is 166 Å². The number of anilines is 1. The number of hydrogen-bond donors (Lipinski definition) is 3. The minimum absolute atomic E-state index is 0.0684. The maximum atomic E-state index is 12.4. The Bertz CT molecular complexity index is 1110. The van der Waals surface area contributed by atoms with Crippen LogP contribution in [0.5, 0.6) is 0 Å². The number of amides is 2. The molecule has 0 atom stereocenters. The van der Waals surface area contributed by atoms with E-state index < -0.39 is 21.8 Å². The number of aromatic nitrogens is 4. The molecule has 3 aromatic rings. The number of rotatable bonds is 6. The van der Waals surface area contributed by atoms with Crippen molar-refractivity contribution in [2.75, 3.05) is 10.5 Å². The van der Waals surface area contributed by atoms with Crippen LogP contribution in [0, 0.1) is 0 Å². The summed E-state index contributed by atoms with van der Waals surface area (Å²) < 4.78 is 27.3. The normalized spacial score (nSPS) is 10.9. The summed E-state index contributed by atoms with van der Waals surface area (Å²) in [6.45, 7) is 1.48. The molecule has 11 nitrogen and oxygen atoms in total. The van der Waals surface area contributed by atoms with Crippen LogP contribution in [0.4, 0.5) is 5.69 Å². The third-order valence-corrected chi connectivity index (χ3v) is 5.14. The van der Waals surface area contributed by atoms with Gasteiger partial charge in [-0.2, -0.15) is 0 Å². The van der Waals surface area contributed by atoms with Crippen LogP contribution in [-0.2, 0) is 10.0 Å². The standard InChI is InChI=1S/C17H17N7O4S/c1-2-29(27,28)21-15-6-4-3-5-14(15)17(26)20-19-16(25)12-7-9-13(10-8-12)24-11-18-22-23-24/h3-11,21H,2H2,1H3,(H,19,25)(H,20,26). The lowest BCUT2D eigenvalue weighted by molar-refractivity contribution is 0.0847. The lowest BCUT2D eigenvalue weighted by Crippen LogP contribution is -2.41. The first-order valence-electron chi connectivity index (χ1n) is 8.43. The number of nitrogens with one attached hydrogen (secondary N) is 3. The highest BCUT2D eigenvalue weighted by Gasteiger charge is 2.16. The van der Waals surface area contributed by atoms with E-state index in [1.165, 1.54) is 30.1 Å². The molecule has 3 rings (SSSR count). The van der Waals surface area contributed by atoms with E-state index in [0.717, 1.165) is 0 Å². The molecular weight excluding hydrogens is 398 g/mol. The fraction of sp³-hybridized carbons (Fsp3) is 0.118. The molecule has 0 aliphatic carbocycles. The van der Waals surface area contributed by atoms with Crippen LogP contribution in [0.2, 0.25) is 0 Å². The van der Waals surface area contributed by atoms with Crippen molar-refractivity contribution in [3.05, 3.63) is 66.0 Å². The molecular formula is C17H17N7O4S. The number of nitrogens with zero attached hydrogens (tertiary/aromatic N) is 4. The van der Waals surface area contributed by atoms with Gasteiger partial charge in [-0.15, -0.1) is 5.10 Å². The van der Waals surface area contributed by atoms with Crippen LogP contribution in [-0.4, -0.2) is 46.2 Å². The van der Waals surface area contributed by atoms with Gasteiger partial charge in [-0.05, 0) is 53.7 Å². The molecule has 29 heavy (non-hydrogen) atoms. The minimum atomic E-state index is -3.56. The molecule has 150 valence electrons. The molecule has 0 fully saturated rings. The first-order chi connectivity index (χ1) is 13.9. The molecule has 0 aliphatic heterocycles. The summed E-state index contributed by atoms with van der Waals surface area (Å²) >= 11 is 0. The van der Waals surface area contributed by atoms with Gasteiger partial charge in [0.2, 0.25) is 10.0 Å². The predicted molar refractivity (Wildman–Crippen MR) is 104 cm³/mol.